The van der Waals surface area contributed by atoms with Gasteiger partial charge < -0.3 is 14.6 Å². The van der Waals surface area contributed by atoms with E-state index in [1.54, 1.807) is 0 Å². The summed E-state index contributed by atoms with van der Waals surface area (Å²) in [6.45, 7) is 1.41. The van der Waals surface area contributed by atoms with Crippen molar-refractivity contribution in [1.82, 2.24) is 0 Å². The van der Waals surface area contributed by atoms with Crippen LogP contribution in [0.4, 0.5) is 4.39 Å². The normalized spacial score (nSPS) is 12.8. The summed E-state index contributed by atoms with van der Waals surface area (Å²) in [7, 11) is 1.08. The van der Waals surface area contributed by atoms with Gasteiger partial charge in [-0.3, -0.25) is 9.59 Å². The number of ether oxygens (including phenoxy) is 2. The summed E-state index contributed by atoms with van der Waals surface area (Å²) >= 11 is 0. The summed E-state index contributed by atoms with van der Waals surface area (Å²) in [6.07, 6.45) is -2.62. The van der Waals surface area contributed by atoms with Crippen LogP contribution in [0.2, 0.25) is 0 Å². The third-order valence-electron chi connectivity index (χ3n) is 1.61. The zero-order valence-electron chi connectivity index (χ0n) is 9.44. The number of halogens is 1. The SMILES string of the molecule is CCOC(=O)C(F)/C(O)=C/C(=O)CC(=O)OC. The Labute approximate surface area is 97.0 Å². The standard InChI is InChI=1S/C10H13FO6/c1-3-17-10(15)9(11)7(13)4-6(12)5-8(14)16-2/h4,9,13H,3,5H2,1-2H3/b7-4-. The van der Waals surface area contributed by atoms with Crippen molar-refractivity contribution in [1.29, 1.82) is 0 Å². The van der Waals surface area contributed by atoms with Crippen LogP contribution in [0.3, 0.4) is 0 Å². The summed E-state index contributed by atoms with van der Waals surface area (Å²) in [6, 6.07) is 0. The third kappa shape index (κ3) is 5.64. The molecule has 0 aromatic rings. The molecule has 1 unspecified atom stereocenters. The minimum atomic E-state index is -2.43. The van der Waals surface area contributed by atoms with Crippen molar-refractivity contribution in [3.63, 3.8) is 0 Å². The first kappa shape index (κ1) is 15.1. The highest BCUT2D eigenvalue weighted by molar-refractivity contribution is 6.02. The van der Waals surface area contributed by atoms with Gasteiger partial charge in [-0.25, -0.2) is 9.18 Å². The number of carbonyl (C=O) groups excluding carboxylic acids is 3. The van der Waals surface area contributed by atoms with E-state index < -0.39 is 36.1 Å². The minimum Gasteiger partial charge on any atom is -0.508 e. The molecule has 7 heteroatoms. The highest BCUT2D eigenvalue weighted by atomic mass is 19.1. The van der Waals surface area contributed by atoms with Crippen LogP contribution in [0.25, 0.3) is 0 Å². The number of methoxy groups -OCH3 is 1. The second kappa shape index (κ2) is 7.37. The summed E-state index contributed by atoms with van der Waals surface area (Å²) in [5.74, 6) is -4.10. The van der Waals surface area contributed by atoms with Gasteiger partial charge in [0.2, 0.25) is 0 Å². The van der Waals surface area contributed by atoms with Crippen molar-refractivity contribution in [2.75, 3.05) is 13.7 Å². The number of hydrogen-bond donors (Lipinski definition) is 1. The van der Waals surface area contributed by atoms with Crippen molar-refractivity contribution in [3.05, 3.63) is 11.8 Å². The lowest BCUT2D eigenvalue weighted by Crippen LogP contribution is -2.22. The predicted octanol–water partition coefficient (Wildman–Crippen LogP) is 0.462. The summed E-state index contributed by atoms with van der Waals surface area (Å²) in [4.78, 5) is 32.6. The fourth-order valence-electron chi connectivity index (χ4n) is 0.840. The van der Waals surface area contributed by atoms with Crippen molar-refractivity contribution >= 4 is 17.7 Å². The van der Waals surface area contributed by atoms with Gasteiger partial charge in [-0.1, -0.05) is 0 Å². The number of aliphatic hydroxyl groups excluding tert-OH is 1. The molecule has 0 spiro atoms. The van der Waals surface area contributed by atoms with Gasteiger partial charge in [-0.15, -0.1) is 0 Å². The number of allylic oxidation sites excluding steroid dienone is 1. The van der Waals surface area contributed by atoms with Crippen LogP contribution in [0.1, 0.15) is 13.3 Å². The van der Waals surface area contributed by atoms with Crippen molar-refractivity contribution in [2.24, 2.45) is 0 Å². The van der Waals surface area contributed by atoms with E-state index in [0.29, 0.717) is 6.08 Å². The van der Waals surface area contributed by atoms with E-state index in [2.05, 4.69) is 9.47 Å². The van der Waals surface area contributed by atoms with E-state index in [-0.39, 0.29) is 6.61 Å². The first-order valence-electron chi connectivity index (χ1n) is 4.73. The molecule has 0 amide bonds. The molecule has 0 bridgehead atoms. The quantitative estimate of drug-likeness (QED) is 0.318. The Balaban J connectivity index is 4.47. The summed E-state index contributed by atoms with van der Waals surface area (Å²) in [5, 5.41) is 9.08. The molecule has 0 saturated heterocycles. The number of alkyl halides is 1. The van der Waals surface area contributed by atoms with Crippen LogP contribution in [0, 0.1) is 0 Å². The van der Waals surface area contributed by atoms with Crippen LogP contribution < -0.4 is 0 Å². The van der Waals surface area contributed by atoms with E-state index in [4.69, 9.17) is 5.11 Å². The molecule has 0 aliphatic carbocycles. The molecule has 0 fully saturated rings. The monoisotopic (exact) mass is 248 g/mol. The molecule has 6 nitrogen and oxygen atoms in total. The lowest BCUT2D eigenvalue weighted by atomic mass is 10.2. The Hall–Kier alpha value is -1.92. The third-order valence-corrected chi connectivity index (χ3v) is 1.61. The van der Waals surface area contributed by atoms with Crippen LogP contribution in [0.5, 0.6) is 0 Å². The summed E-state index contributed by atoms with van der Waals surface area (Å²) in [5.41, 5.74) is 0. The van der Waals surface area contributed by atoms with Gasteiger partial charge >= 0.3 is 11.9 Å². The molecule has 0 aromatic heterocycles. The zero-order chi connectivity index (χ0) is 13.4. The van der Waals surface area contributed by atoms with Crippen LogP contribution in [0.15, 0.2) is 11.8 Å². The smallest absolute Gasteiger partial charge is 0.348 e. The van der Waals surface area contributed by atoms with Gasteiger partial charge in [-0.2, -0.15) is 0 Å². The molecule has 96 valence electrons. The van der Waals surface area contributed by atoms with Gasteiger partial charge in [0.25, 0.3) is 6.17 Å². The van der Waals surface area contributed by atoms with Gasteiger partial charge in [0, 0.05) is 6.08 Å². The van der Waals surface area contributed by atoms with Gasteiger partial charge in [-0.05, 0) is 6.92 Å². The topological polar surface area (TPSA) is 89.9 Å². The lowest BCUT2D eigenvalue weighted by Gasteiger charge is -2.06. The largest absolute Gasteiger partial charge is 0.508 e. The Bertz CT molecular complexity index is 336. The van der Waals surface area contributed by atoms with Crippen molar-refractivity contribution in [2.45, 2.75) is 19.5 Å². The van der Waals surface area contributed by atoms with Crippen LogP contribution >= 0.6 is 0 Å². The minimum absolute atomic E-state index is 0.0529. The molecule has 1 atom stereocenters. The van der Waals surface area contributed by atoms with Gasteiger partial charge in [0.1, 0.15) is 12.2 Å². The molecule has 0 aliphatic rings. The van der Waals surface area contributed by atoms with Gasteiger partial charge in [0.15, 0.2) is 5.78 Å². The number of hydrogen-bond acceptors (Lipinski definition) is 6. The van der Waals surface area contributed by atoms with E-state index in [1.807, 2.05) is 0 Å². The first-order valence-corrected chi connectivity index (χ1v) is 4.73. The first-order chi connectivity index (χ1) is 7.92. The molecular weight excluding hydrogens is 235 g/mol. The number of esters is 2. The second-order valence-electron chi connectivity index (χ2n) is 2.90. The molecule has 17 heavy (non-hydrogen) atoms. The maximum atomic E-state index is 13.1. The lowest BCUT2D eigenvalue weighted by molar-refractivity contribution is -0.148. The Kier molecular flexibility index (Phi) is 6.54. The fourth-order valence-corrected chi connectivity index (χ4v) is 0.840. The number of ketones is 1. The molecule has 0 saturated carbocycles. The maximum absolute atomic E-state index is 13.1. The van der Waals surface area contributed by atoms with E-state index in [0.717, 1.165) is 7.11 Å². The second-order valence-corrected chi connectivity index (χ2v) is 2.90. The molecule has 1 N–H and O–H groups in total. The van der Waals surface area contributed by atoms with Crippen molar-refractivity contribution in [3.8, 4) is 0 Å². The van der Waals surface area contributed by atoms with Crippen molar-refractivity contribution < 1.29 is 33.4 Å². The van der Waals surface area contributed by atoms with Gasteiger partial charge in [0.05, 0.1) is 13.7 Å². The number of rotatable bonds is 6. The molecule has 0 aromatic carbocycles. The van der Waals surface area contributed by atoms with Crippen LogP contribution in [-0.4, -0.2) is 42.7 Å². The Morgan fingerprint density at radius 2 is 2.00 bits per heavy atom. The molecule has 0 heterocycles. The molecular formula is C10H13FO6. The summed E-state index contributed by atoms with van der Waals surface area (Å²) < 4.78 is 21.6. The highest BCUT2D eigenvalue weighted by Gasteiger charge is 2.24. The van der Waals surface area contributed by atoms with E-state index in [9.17, 15) is 18.8 Å². The number of aliphatic hydroxyl groups is 1. The zero-order valence-corrected chi connectivity index (χ0v) is 9.44. The average Bonchev–Trinajstić information content (AvgIpc) is 2.27. The highest BCUT2D eigenvalue weighted by Crippen LogP contribution is 2.06. The molecule has 0 aliphatic heterocycles. The Morgan fingerprint density at radius 1 is 1.41 bits per heavy atom. The van der Waals surface area contributed by atoms with Crippen LogP contribution in [-0.2, 0) is 23.9 Å². The predicted molar refractivity (Wildman–Crippen MR) is 53.9 cm³/mol. The maximum Gasteiger partial charge on any atom is 0.348 e. The molecule has 0 rings (SSSR count). The molecule has 0 radical (unpaired) electrons. The van der Waals surface area contributed by atoms with E-state index in [1.165, 1.54) is 6.92 Å². The fraction of sp³-hybridized carbons (Fsp3) is 0.500. The number of carbonyl (C=O) groups is 3. The van der Waals surface area contributed by atoms with E-state index >= 15 is 0 Å². The Morgan fingerprint density at radius 3 is 2.47 bits per heavy atom. The average molecular weight is 248 g/mol.